The molecule has 0 aromatic rings. The lowest BCUT2D eigenvalue weighted by atomic mass is 10.2. The second-order valence-corrected chi connectivity index (χ2v) is 4.80. The monoisotopic (exact) mass is 226 g/mol. The molecule has 2 rings (SSSR count). The van der Waals surface area contributed by atoms with Gasteiger partial charge in [-0.3, -0.25) is 0 Å². The van der Waals surface area contributed by atoms with Crippen LogP contribution in [0.3, 0.4) is 0 Å². The van der Waals surface area contributed by atoms with Gasteiger partial charge in [-0.25, -0.2) is 9.59 Å². The zero-order chi connectivity index (χ0) is 11.7. The summed E-state index contributed by atoms with van der Waals surface area (Å²) in [6.45, 7) is 1.34. The highest BCUT2D eigenvalue weighted by Gasteiger charge is 2.36. The lowest BCUT2D eigenvalue weighted by Crippen LogP contribution is -2.47. The van der Waals surface area contributed by atoms with Gasteiger partial charge in [0.05, 0.1) is 0 Å². The first-order chi connectivity index (χ1) is 7.59. The molecule has 5 nitrogen and oxygen atoms in total. The molecule has 1 unspecified atom stereocenters. The van der Waals surface area contributed by atoms with Crippen molar-refractivity contribution >= 4 is 12.0 Å². The normalized spacial score (nSPS) is 24.6. The number of carboxylic acid groups (broad SMARTS) is 1. The van der Waals surface area contributed by atoms with Gasteiger partial charge in [0.15, 0.2) is 0 Å². The van der Waals surface area contributed by atoms with Crippen molar-refractivity contribution < 1.29 is 14.7 Å². The van der Waals surface area contributed by atoms with Crippen LogP contribution < -0.4 is 0 Å². The van der Waals surface area contributed by atoms with E-state index in [0.29, 0.717) is 18.9 Å². The minimum atomic E-state index is -0.884. The summed E-state index contributed by atoms with van der Waals surface area (Å²) in [7, 11) is 1.76. The van der Waals surface area contributed by atoms with E-state index in [2.05, 4.69) is 0 Å². The van der Waals surface area contributed by atoms with Crippen molar-refractivity contribution in [1.82, 2.24) is 9.80 Å². The molecule has 90 valence electrons. The number of urea groups is 1. The number of carbonyl (C=O) groups is 2. The minimum Gasteiger partial charge on any atom is -0.480 e. The van der Waals surface area contributed by atoms with Crippen LogP contribution in [-0.4, -0.2) is 53.1 Å². The number of hydrogen-bond donors (Lipinski definition) is 1. The van der Waals surface area contributed by atoms with Crippen LogP contribution in [0.15, 0.2) is 0 Å². The molecule has 1 saturated carbocycles. The fourth-order valence-electron chi connectivity index (χ4n) is 2.24. The van der Waals surface area contributed by atoms with Crippen LogP contribution in [0.5, 0.6) is 0 Å². The Hall–Kier alpha value is -1.26. The molecule has 16 heavy (non-hydrogen) atoms. The number of carbonyl (C=O) groups excluding carboxylic acids is 1. The van der Waals surface area contributed by atoms with Crippen LogP contribution in [0, 0.1) is 5.92 Å². The Balaban J connectivity index is 1.93. The highest BCUT2D eigenvalue weighted by atomic mass is 16.4. The van der Waals surface area contributed by atoms with Crippen molar-refractivity contribution in [2.75, 3.05) is 20.1 Å². The summed E-state index contributed by atoms with van der Waals surface area (Å²) in [4.78, 5) is 26.1. The van der Waals surface area contributed by atoms with Crippen molar-refractivity contribution in [2.45, 2.75) is 31.7 Å². The molecule has 1 saturated heterocycles. The fraction of sp³-hybridized carbons (Fsp3) is 0.818. The number of nitrogens with zero attached hydrogens (tertiary/aromatic N) is 2. The number of aliphatic carboxylic acids is 1. The number of likely N-dealkylation sites (tertiary alicyclic amines) is 1. The van der Waals surface area contributed by atoms with Gasteiger partial charge in [-0.15, -0.1) is 0 Å². The molecule has 5 heteroatoms. The molecule has 0 spiro atoms. The minimum absolute atomic E-state index is 0.128. The Morgan fingerprint density at radius 1 is 1.38 bits per heavy atom. The molecule has 2 amide bonds. The molecule has 2 fully saturated rings. The third-order valence-electron chi connectivity index (χ3n) is 3.34. The highest BCUT2D eigenvalue weighted by molar-refractivity contribution is 5.83. The van der Waals surface area contributed by atoms with Crippen LogP contribution in [0.1, 0.15) is 25.7 Å². The van der Waals surface area contributed by atoms with Crippen molar-refractivity contribution in [1.29, 1.82) is 0 Å². The van der Waals surface area contributed by atoms with Crippen LogP contribution in [0.2, 0.25) is 0 Å². The van der Waals surface area contributed by atoms with Crippen LogP contribution in [-0.2, 0) is 4.79 Å². The van der Waals surface area contributed by atoms with Crippen molar-refractivity contribution in [3.8, 4) is 0 Å². The maximum atomic E-state index is 12.0. The number of amides is 2. The summed E-state index contributed by atoms with van der Waals surface area (Å²) in [5.41, 5.74) is 0. The summed E-state index contributed by atoms with van der Waals surface area (Å²) in [5.74, 6) is -0.245. The van der Waals surface area contributed by atoms with Crippen LogP contribution >= 0.6 is 0 Å². The van der Waals surface area contributed by atoms with Gasteiger partial charge in [0.25, 0.3) is 0 Å². The molecular formula is C11H18N2O3. The van der Waals surface area contributed by atoms with E-state index >= 15 is 0 Å². The Bertz CT molecular complexity index is 302. The van der Waals surface area contributed by atoms with Gasteiger partial charge in [0.1, 0.15) is 6.04 Å². The molecule has 1 heterocycles. The Morgan fingerprint density at radius 3 is 2.62 bits per heavy atom. The highest BCUT2D eigenvalue weighted by Crippen LogP contribution is 2.30. The standard InChI is InChI=1S/C11H18N2O3/c1-12(7-8-4-5-8)11(16)13-6-2-3-9(13)10(14)15/h8-9H,2-7H2,1H3,(H,14,15). The first kappa shape index (κ1) is 11.2. The fourth-order valence-corrected chi connectivity index (χ4v) is 2.24. The first-order valence-electron chi connectivity index (χ1n) is 5.84. The zero-order valence-corrected chi connectivity index (χ0v) is 9.56. The molecule has 0 aromatic carbocycles. The third kappa shape index (κ3) is 2.28. The van der Waals surface area contributed by atoms with E-state index in [1.807, 2.05) is 0 Å². The largest absolute Gasteiger partial charge is 0.480 e. The van der Waals surface area contributed by atoms with Crippen molar-refractivity contribution in [3.63, 3.8) is 0 Å². The van der Waals surface area contributed by atoms with E-state index in [4.69, 9.17) is 5.11 Å². The average Bonchev–Trinajstić information content (AvgIpc) is 2.91. The third-order valence-corrected chi connectivity index (χ3v) is 3.34. The van der Waals surface area contributed by atoms with E-state index in [0.717, 1.165) is 13.0 Å². The molecule has 1 atom stereocenters. The Kier molecular flexibility index (Phi) is 3.03. The van der Waals surface area contributed by atoms with E-state index in [-0.39, 0.29) is 6.03 Å². The predicted molar refractivity (Wildman–Crippen MR) is 58.1 cm³/mol. The molecule has 0 bridgehead atoms. The van der Waals surface area contributed by atoms with Gasteiger partial charge in [0.2, 0.25) is 0 Å². The molecule has 1 N–H and O–H groups in total. The number of hydrogen-bond acceptors (Lipinski definition) is 2. The molecule has 0 aromatic heterocycles. The van der Waals surface area contributed by atoms with Gasteiger partial charge >= 0.3 is 12.0 Å². The lowest BCUT2D eigenvalue weighted by Gasteiger charge is -2.27. The first-order valence-corrected chi connectivity index (χ1v) is 5.84. The topological polar surface area (TPSA) is 60.9 Å². The summed E-state index contributed by atoms with van der Waals surface area (Å²) >= 11 is 0. The van der Waals surface area contributed by atoms with Gasteiger partial charge in [-0.05, 0) is 31.6 Å². The molecule has 0 radical (unpaired) electrons. The van der Waals surface area contributed by atoms with Crippen LogP contribution in [0.25, 0.3) is 0 Å². The van der Waals surface area contributed by atoms with Gasteiger partial charge in [0, 0.05) is 20.1 Å². The second-order valence-electron chi connectivity index (χ2n) is 4.80. The lowest BCUT2D eigenvalue weighted by molar-refractivity contribution is -0.141. The SMILES string of the molecule is CN(CC1CC1)C(=O)N1CCCC1C(=O)O. The van der Waals surface area contributed by atoms with Crippen molar-refractivity contribution in [3.05, 3.63) is 0 Å². The van der Waals surface area contributed by atoms with Gasteiger partial charge in [-0.1, -0.05) is 0 Å². The maximum absolute atomic E-state index is 12.0. The van der Waals surface area contributed by atoms with E-state index in [1.54, 1.807) is 11.9 Å². The zero-order valence-electron chi connectivity index (χ0n) is 9.56. The van der Waals surface area contributed by atoms with Gasteiger partial charge < -0.3 is 14.9 Å². The molecular weight excluding hydrogens is 208 g/mol. The van der Waals surface area contributed by atoms with E-state index in [1.165, 1.54) is 17.7 Å². The Morgan fingerprint density at radius 2 is 2.06 bits per heavy atom. The maximum Gasteiger partial charge on any atom is 0.326 e. The van der Waals surface area contributed by atoms with E-state index < -0.39 is 12.0 Å². The number of rotatable bonds is 3. The summed E-state index contributed by atoms with van der Waals surface area (Å²) in [6, 6.07) is -0.744. The average molecular weight is 226 g/mol. The summed E-state index contributed by atoms with van der Waals surface area (Å²) in [5, 5.41) is 9.00. The van der Waals surface area contributed by atoms with Crippen LogP contribution in [0.4, 0.5) is 4.79 Å². The predicted octanol–water partition coefficient (Wildman–Crippen LogP) is 0.997. The van der Waals surface area contributed by atoms with Gasteiger partial charge in [-0.2, -0.15) is 0 Å². The second kappa shape index (κ2) is 4.31. The quantitative estimate of drug-likeness (QED) is 0.780. The molecule has 1 aliphatic carbocycles. The molecule has 1 aliphatic heterocycles. The molecule has 2 aliphatic rings. The summed E-state index contributed by atoms with van der Waals surface area (Å²) in [6.07, 6.45) is 3.76. The summed E-state index contributed by atoms with van der Waals surface area (Å²) < 4.78 is 0. The van der Waals surface area contributed by atoms with Crippen molar-refractivity contribution in [2.24, 2.45) is 5.92 Å². The number of carboxylic acids is 1. The smallest absolute Gasteiger partial charge is 0.326 e. The van der Waals surface area contributed by atoms with E-state index in [9.17, 15) is 9.59 Å². The Labute approximate surface area is 95.0 Å².